The van der Waals surface area contributed by atoms with Gasteiger partial charge in [-0.15, -0.1) is 11.3 Å². The zero-order valence-corrected chi connectivity index (χ0v) is 10.6. The van der Waals surface area contributed by atoms with E-state index in [0.29, 0.717) is 0 Å². The summed E-state index contributed by atoms with van der Waals surface area (Å²) in [5.41, 5.74) is 8.31. The Bertz CT molecular complexity index is 514. The van der Waals surface area contributed by atoms with Crippen molar-refractivity contribution in [3.8, 4) is 0 Å². The van der Waals surface area contributed by atoms with Gasteiger partial charge >= 0.3 is 0 Å². The zero-order valence-electron chi connectivity index (χ0n) is 9.78. The van der Waals surface area contributed by atoms with Gasteiger partial charge in [0.2, 0.25) is 0 Å². The van der Waals surface area contributed by atoms with Crippen LogP contribution < -0.4 is 11.1 Å². The number of anilines is 1. The molecule has 0 unspecified atom stereocenters. The van der Waals surface area contributed by atoms with Crippen molar-refractivity contribution in [3.63, 3.8) is 0 Å². The molecule has 0 spiro atoms. The van der Waals surface area contributed by atoms with Crippen molar-refractivity contribution in [2.45, 2.75) is 6.54 Å². The van der Waals surface area contributed by atoms with Crippen LogP contribution >= 0.6 is 11.3 Å². The molecule has 0 aliphatic carbocycles. The van der Waals surface area contributed by atoms with Crippen LogP contribution in [0, 0.1) is 0 Å². The third-order valence-corrected chi connectivity index (χ3v) is 4.41. The number of hydrogen-bond donors (Lipinski definition) is 2. The number of piperazine rings is 1. The number of nitrogens with one attached hydrogen (secondary N) is 1. The van der Waals surface area contributed by atoms with Gasteiger partial charge in [0.1, 0.15) is 0 Å². The minimum absolute atomic E-state index is 0.902. The van der Waals surface area contributed by atoms with Crippen LogP contribution in [0.3, 0.4) is 0 Å². The van der Waals surface area contributed by atoms with Gasteiger partial charge in [-0.3, -0.25) is 4.90 Å². The molecule has 0 saturated carbocycles. The van der Waals surface area contributed by atoms with Gasteiger partial charge in [0.15, 0.2) is 0 Å². The summed E-state index contributed by atoms with van der Waals surface area (Å²) in [5, 5.41) is 6.96. The first-order chi connectivity index (χ1) is 8.34. The fourth-order valence-electron chi connectivity index (χ4n) is 2.37. The summed E-state index contributed by atoms with van der Waals surface area (Å²) in [6, 6.07) is 6.21. The van der Waals surface area contributed by atoms with Gasteiger partial charge in [0.25, 0.3) is 0 Å². The molecule has 3 nitrogen and oxygen atoms in total. The molecule has 0 bridgehead atoms. The lowest BCUT2D eigenvalue weighted by atomic mass is 10.1. The normalized spacial score (nSPS) is 17.6. The van der Waals surface area contributed by atoms with Crippen LogP contribution in [-0.4, -0.2) is 31.1 Å². The lowest BCUT2D eigenvalue weighted by molar-refractivity contribution is 0.234. The largest absolute Gasteiger partial charge is 0.398 e. The molecular weight excluding hydrogens is 230 g/mol. The Morgan fingerprint density at radius 1 is 1.29 bits per heavy atom. The molecule has 1 aliphatic heterocycles. The fraction of sp³-hybridized carbons (Fsp3) is 0.385. The summed E-state index contributed by atoms with van der Waals surface area (Å²) < 4.78 is 1.23. The quantitative estimate of drug-likeness (QED) is 0.796. The molecule has 1 fully saturated rings. The fourth-order valence-corrected chi connectivity index (χ4v) is 3.36. The van der Waals surface area contributed by atoms with Crippen LogP contribution in [0.4, 0.5) is 5.69 Å². The second kappa shape index (κ2) is 4.64. The first-order valence-corrected chi connectivity index (χ1v) is 6.90. The molecule has 17 heavy (non-hydrogen) atoms. The number of nitrogen functional groups attached to an aromatic ring is 1. The van der Waals surface area contributed by atoms with Crippen LogP contribution in [0.2, 0.25) is 0 Å². The van der Waals surface area contributed by atoms with E-state index in [2.05, 4.69) is 21.7 Å². The average molecular weight is 247 g/mol. The molecule has 1 saturated heterocycles. The molecule has 1 aromatic heterocycles. The maximum Gasteiger partial charge on any atom is 0.0575 e. The Morgan fingerprint density at radius 3 is 2.94 bits per heavy atom. The van der Waals surface area contributed by atoms with E-state index >= 15 is 0 Å². The first-order valence-electron chi connectivity index (χ1n) is 6.02. The number of fused-ring (bicyclic) bond motifs is 1. The maximum atomic E-state index is 5.99. The molecule has 90 valence electrons. The second-order valence-electron chi connectivity index (χ2n) is 4.51. The number of nitrogens with zero attached hydrogens (tertiary/aromatic N) is 1. The summed E-state index contributed by atoms with van der Waals surface area (Å²) >= 11 is 1.76. The lowest BCUT2D eigenvalue weighted by Gasteiger charge is -2.26. The van der Waals surface area contributed by atoms with Crippen molar-refractivity contribution in [3.05, 3.63) is 29.1 Å². The van der Waals surface area contributed by atoms with Crippen molar-refractivity contribution in [2.24, 2.45) is 0 Å². The summed E-state index contributed by atoms with van der Waals surface area (Å²) in [6.07, 6.45) is 0. The van der Waals surface area contributed by atoms with E-state index in [4.69, 9.17) is 5.73 Å². The van der Waals surface area contributed by atoms with E-state index in [9.17, 15) is 0 Å². The van der Waals surface area contributed by atoms with Crippen LogP contribution in [0.25, 0.3) is 10.1 Å². The standard InChI is InChI=1S/C13H17N3S/c14-12-3-1-2-11-10(9-17-13(11)12)8-16-6-4-15-5-7-16/h1-3,9,15H,4-8,14H2. The zero-order chi connectivity index (χ0) is 11.7. The average Bonchev–Trinajstić information content (AvgIpc) is 2.76. The van der Waals surface area contributed by atoms with Gasteiger partial charge < -0.3 is 11.1 Å². The molecule has 2 heterocycles. The van der Waals surface area contributed by atoms with Crippen molar-refractivity contribution in [1.82, 2.24) is 10.2 Å². The highest BCUT2D eigenvalue weighted by Crippen LogP contribution is 2.31. The number of hydrogen-bond acceptors (Lipinski definition) is 4. The van der Waals surface area contributed by atoms with Gasteiger partial charge in [-0.25, -0.2) is 0 Å². The predicted molar refractivity (Wildman–Crippen MR) is 74.4 cm³/mol. The predicted octanol–water partition coefficient (Wildman–Crippen LogP) is 1.89. The third-order valence-electron chi connectivity index (χ3n) is 3.31. The molecule has 1 aliphatic rings. The molecule has 3 rings (SSSR count). The van der Waals surface area contributed by atoms with Crippen molar-refractivity contribution in [1.29, 1.82) is 0 Å². The van der Waals surface area contributed by atoms with Gasteiger partial charge in [-0.2, -0.15) is 0 Å². The number of rotatable bonds is 2. The smallest absolute Gasteiger partial charge is 0.0575 e. The molecule has 4 heteroatoms. The number of nitrogens with two attached hydrogens (primary N) is 1. The molecule has 3 N–H and O–H groups in total. The summed E-state index contributed by atoms with van der Waals surface area (Å²) in [6.45, 7) is 5.53. The SMILES string of the molecule is Nc1cccc2c(CN3CCNCC3)csc12. The molecule has 0 atom stereocenters. The Balaban J connectivity index is 1.87. The van der Waals surface area contributed by atoms with Crippen LogP contribution in [0.1, 0.15) is 5.56 Å². The van der Waals surface area contributed by atoms with E-state index in [0.717, 1.165) is 38.4 Å². The summed E-state index contributed by atoms with van der Waals surface area (Å²) in [4.78, 5) is 2.50. The van der Waals surface area contributed by atoms with Crippen molar-refractivity contribution < 1.29 is 0 Å². The Hall–Kier alpha value is -1.10. The van der Waals surface area contributed by atoms with Gasteiger partial charge in [-0.05, 0) is 22.4 Å². The van der Waals surface area contributed by atoms with Crippen molar-refractivity contribution >= 4 is 27.1 Å². The summed E-state index contributed by atoms with van der Waals surface area (Å²) in [7, 11) is 0. The Morgan fingerprint density at radius 2 is 2.12 bits per heavy atom. The van der Waals surface area contributed by atoms with Gasteiger partial charge in [0, 0.05) is 38.4 Å². The maximum absolute atomic E-state index is 5.99. The van der Waals surface area contributed by atoms with E-state index < -0.39 is 0 Å². The van der Waals surface area contributed by atoms with E-state index in [1.54, 1.807) is 11.3 Å². The third kappa shape index (κ3) is 2.16. The topological polar surface area (TPSA) is 41.3 Å². The van der Waals surface area contributed by atoms with Crippen molar-refractivity contribution in [2.75, 3.05) is 31.9 Å². The van der Waals surface area contributed by atoms with Crippen LogP contribution in [-0.2, 0) is 6.54 Å². The number of benzene rings is 1. The highest BCUT2D eigenvalue weighted by molar-refractivity contribution is 7.18. The molecular formula is C13H17N3S. The molecule has 2 aromatic rings. The van der Waals surface area contributed by atoms with Gasteiger partial charge in [0.05, 0.1) is 4.70 Å². The molecule has 1 aromatic carbocycles. The highest BCUT2D eigenvalue weighted by Gasteiger charge is 2.13. The minimum atomic E-state index is 0.902. The van der Waals surface area contributed by atoms with E-state index in [-0.39, 0.29) is 0 Å². The lowest BCUT2D eigenvalue weighted by Crippen LogP contribution is -2.42. The monoisotopic (exact) mass is 247 g/mol. The molecule has 0 amide bonds. The summed E-state index contributed by atoms with van der Waals surface area (Å²) in [5.74, 6) is 0. The minimum Gasteiger partial charge on any atom is -0.398 e. The Kier molecular flexibility index (Phi) is 3.01. The van der Waals surface area contributed by atoms with E-state index in [1.165, 1.54) is 15.6 Å². The van der Waals surface area contributed by atoms with Crippen LogP contribution in [0.15, 0.2) is 23.6 Å². The number of thiophene rings is 1. The van der Waals surface area contributed by atoms with Crippen LogP contribution in [0.5, 0.6) is 0 Å². The van der Waals surface area contributed by atoms with Gasteiger partial charge in [-0.1, -0.05) is 12.1 Å². The molecule has 0 radical (unpaired) electrons. The second-order valence-corrected chi connectivity index (χ2v) is 5.39. The Labute approximate surface area is 105 Å². The van der Waals surface area contributed by atoms with E-state index in [1.807, 2.05) is 12.1 Å². The first kappa shape index (κ1) is 11.0. The highest BCUT2D eigenvalue weighted by atomic mass is 32.1.